The third kappa shape index (κ3) is 4.21. The Balaban J connectivity index is 1.26. The fourth-order valence-corrected chi connectivity index (χ4v) is 3.41. The SMILES string of the molecule is COc1ccc(N2CCN(C(=O)CNC(=O)c3ccc4c(c3)OCO4)CC2)cc1. The molecule has 2 heterocycles. The summed E-state index contributed by atoms with van der Waals surface area (Å²) in [5, 5.41) is 2.69. The van der Waals surface area contributed by atoms with E-state index in [1.165, 1.54) is 0 Å². The van der Waals surface area contributed by atoms with Gasteiger partial charge in [0, 0.05) is 37.4 Å². The van der Waals surface area contributed by atoms with E-state index >= 15 is 0 Å². The average Bonchev–Trinajstić information content (AvgIpc) is 3.25. The lowest BCUT2D eigenvalue weighted by Crippen LogP contribution is -2.51. The molecule has 2 aliphatic heterocycles. The van der Waals surface area contributed by atoms with Crippen LogP contribution in [0.1, 0.15) is 10.4 Å². The van der Waals surface area contributed by atoms with Crippen LogP contribution < -0.4 is 24.4 Å². The standard InChI is InChI=1S/C21H23N3O5/c1-27-17-5-3-16(4-6-17)23-8-10-24(11-9-23)20(25)13-22-21(26)15-2-7-18-19(12-15)29-14-28-18/h2-7,12H,8-11,13-14H2,1H3,(H,22,26). The van der Waals surface area contributed by atoms with Crippen molar-refractivity contribution < 1.29 is 23.8 Å². The molecule has 1 fully saturated rings. The van der Waals surface area contributed by atoms with Crippen molar-refractivity contribution in [2.45, 2.75) is 0 Å². The van der Waals surface area contributed by atoms with Crippen LogP contribution in [0.5, 0.6) is 17.2 Å². The minimum absolute atomic E-state index is 0.0319. The Morgan fingerprint density at radius 3 is 2.45 bits per heavy atom. The number of carbonyl (C=O) groups excluding carboxylic acids is 2. The van der Waals surface area contributed by atoms with E-state index in [0.29, 0.717) is 30.2 Å². The normalized spacial score (nSPS) is 15.2. The van der Waals surface area contributed by atoms with Crippen LogP contribution in [-0.2, 0) is 4.79 Å². The van der Waals surface area contributed by atoms with Crippen LogP contribution in [-0.4, -0.2) is 63.3 Å². The molecule has 152 valence electrons. The minimum atomic E-state index is -0.312. The Hall–Kier alpha value is -3.42. The zero-order valence-electron chi connectivity index (χ0n) is 16.2. The molecule has 29 heavy (non-hydrogen) atoms. The van der Waals surface area contributed by atoms with Crippen molar-refractivity contribution in [1.82, 2.24) is 10.2 Å². The number of benzene rings is 2. The maximum Gasteiger partial charge on any atom is 0.251 e. The van der Waals surface area contributed by atoms with Crippen molar-refractivity contribution in [3.63, 3.8) is 0 Å². The molecule has 2 aliphatic rings. The summed E-state index contributed by atoms with van der Waals surface area (Å²) < 4.78 is 15.7. The summed E-state index contributed by atoms with van der Waals surface area (Å²) in [6.07, 6.45) is 0. The summed E-state index contributed by atoms with van der Waals surface area (Å²) >= 11 is 0. The van der Waals surface area contributed by atoms with Gasteiger partial charge in [-0.3, -0.25) is 9.59 Å². The Morgan fingerprint density at radius 1 is 1.00 bits per heavy atom. The van der Waals surface area contributed by atoms with E-state index in [9.17, 15) is 9.59 Å². The van der Waals surface area contributed by atoms with Crippen LogP contribution in [0.4, 0.5) is 5.69 Å². The van der Waals surface area contributed by atoms with Gasteiger partial charge in [0.25, 0.3) is 5.91 Å². The molecule has 2 aromatic carbocycles. The summed E-state index contributed by atoms with van der Waals surface area (Å²) in [5.74, 6) is 1.58. The number of ether oxygens (including phenoxy) is 3. The van der Waals surface area contributed by atoms with Crippen molar-refractivity contribution in [1.29, 1.82) is 0 Å². The summed E-state index contributed by atoms with van der Waals surface area (Å²) in [6, 6.07) is 12.9. The van der Waals surface area contributed by atoms with Gasteiger partial charge in [0.2, 0.25) is 12.7 Å². The molecule has 4 rings (SSSR count). The molecule has 0 saturated carbocycles. The van der Waals surface area contributed by atoms with Gasteiger partial charge < -0.3 is 29.3 Å². The number of hydrogen-bond acceptors (Lipinski definition) is 6. The quantitative estimate of drug-likeness (QED) is 0.824. The minimum Gasteiger partial charge on any atom is -0.497 e. The van der Waals surface area contributed by atoms with Crippen molar-refractivity contribution >= 4 is 17.5 Å². The molecule has 0 atom stereocenters. The van der Waals surface area contributed by atoms with Crippen molar-refractivity contribution in [2.75, 3.05) is 51.5 Å². The first kappa shape index (κ1) is 18.9. The van der Waals surface area contributed by atoms with Gasteiger partial charge in [0.05, 0.1) is 13.7 Å². The number of fused-ring (bicyclic) bond motifs is 1. The molecule has 0 bridgehead atoms. The van der Waals surface area contributed by atoms with Crippen molar-refractivity contribution in [2.24, 2.45) is 0 Å². The monoisotopic (exact) mass is 397 g/mol. The number of piperazine rings is 1. The van der Waals surface area contributed by atoms with Crippen LogP contribution >= 0.6 is 0 Å². The highest BCUT2D eigenvalue weighted by atomic mass is 16.7. The molecule has 0 aliphatic carbocycles. The lowest BCUT2D eigenvalue weighted by atomic mass is 10.2. The van der Waals surface area contributed by atoms with Gasteiger partial charge in [-0.25, -0.2) is 0 Å². The topological polar surface area (TPSA) is 80.3 Å². The maximum absolute atomic E-state index is 12.5. The van der Waals surface area contributed by atoms with Gasteiger partial charge in [-0.1, -0.05) is 0 Å². The summed E-state index contributed by atoms with van der Waals surface area (Å²) in [5.41, 5.74) is 1.54. The highest BCUT2D eigenvalue weighted by Crippen LogP contribution is 2.32. The molecule has 0 unspecified atom stereocenters. The second-order valence-corrected chi connectivity index (χ2v) is 6.82. The van der Waals surface area contributed by atoms with E-state index < -0.39 is 0 Å². The number of nitrogens with zero attached hydrogens (tertiary/aromatic N) is 2. The Morgan fingerprint density at radius 2 is 1.72 bits per heavy atom. The van der Waals surface area contributed by atoms with E-state index in [-0.39, 0.29) is 25.2 Å². The average molecular weight is 397 g/mol. The molecule has 1 saturated heterocycles. The van der Waals surface area contributed by atoms with E-state index in [0.717, 1.165) is 24.5 Å². The molecule has 0 aromatic heterocycles. The molecule has 8 heteroatoms. The zero-order chi connectivity index (χ0) is 20.2. The highest BCUT2D eigenvalue weighted by Gasteiger charge is 2.22. The number of anilines is 1. The first-order valence-electron chi connectivity index (χ1n) is 9.48. The summed E-state index contributed by atoms with van der Waals surface area (Å²) in [7, 11) is 1.64. The molecule has 0 radical (unpaired) electrons. The fraction of sp³-hybridized carbons (Fsp3) is 0.333. The highest BCUT2D eigenvalue weighted by molar-refractivity contribution is 5.97. The lowest BCUT2D eigenvalue weighted by Gasteiger charge is -2.36. The van der Waals surface area contributed by atoms with Crippen molar-refractivity contribution in [3.05, 3.63) is 48.0 Å². The van der Waals surface area contributed by atoms with Gasteiger partial charge in [-0.15, -0.1) is 0 Å². The Kier molecular flexibility index (Phi) is 5.41. The summed E-state index contributed by atoms with van der Waals surface area (Å²) in [4.78, 5) is 28.8. The molecule has 2 aromatic rings. The van der Waals surface area contributed by atoms with E-state index in [4.69, 9.17) is 14.2 Å². The predicted octanol–water partition coefficient (Wildman–Crippen LogP) is 1.50. The first-order valence-corrected chi connectivity index (χ1v) is 9.48. The second-order valence-electron chi connectivity index (χ2n) is 6.82. The fourth-order valence-electron chi connectivity index (χ4n) is 3.41. The lowest BCUT2D eigenvalue weighted by molar-refractivity contribution is -0.130. The predicted molar refractivity (Wildman–Crippen MR) is 107 cm³/mol. The smallest absolute Gasteiger partial charge is 0.251 e. The molecule has 8 nitrogen and oxygen atoms in total. The van der Waals surface area contributed by atoms with Gasteiger partial charge >= 0.3 is 0 Å². The van der Waals surface area contributed by atoms with Crippen LogP contribution in [0, 0.1) is 0 Å². The van der Waals surface area contributed by atoms with Gasteiger partial charge in [-0.2, -0.15) is 0 Å². The molecular weight excluding hydrogens is 374 g/mol. The van der Waals surface area contributed by atoms with Gasteiger partial charge in [0.15, 0.2) is 11.5 Å². The zero-order valence-corrected chi connectivity index (χ0v) is 16.2. The third-order valence-electron chi connectivity index (χ3n) is 5.10. The molecule has 0 spiro atoms. The molecule has 2 amide bonds. The van der Waals surface area contributed by atoms with Crippen LogP contribution in [0.3, 0.4) is 0 Å². The van der Waals surface area contributed by atoms with E-state index in [1.54, 1.807) is 30.2 Å². The number of hydrogen-bond donors (Lipinski definition) is 1. The first-order chi connectivity index (χ1) is 14.1. The van der Waals surface area contributed by atoms with E-state index in [2.05, 4.69) is 10.2 Å². The largest absolute Gasteiger partial charge is 0.497 e. The number of nitrogens with one attached hydrogen (secondary N) is 1. The third-order valence-corrected chi connectivity index (χ3v) is 5.10. The number of carbonyl (C=O) groups is 2. The van der Waals surface area contributed by atoms with Crippen molar-refractivity contribution in [3.8, 4) is 17.2 Å². The number of amides is 2. The number of methoxy groups -OCH3 is 1. The molecule has 1 N–H and O–H groups in total. The molecular formula is C21H23N3O5. The van der Waals surface area contributed by atoms with Crippen LogP contribution in [0.2, 0.25) is 0 Å². The van der Waals surface area contributed by atoms with Gasteiger partial charge in [-0.05, 0) is 42.5 Å². The van der Waals surface area contributed by atoms with E-state index in [1.807, 2.05) is 24.3 Å². The second kappa shape index (κ2) is 8.30. The Bertz CT molecular complexity index is 892. The van der Waals surface area contributed by atoms with Crippen LogP contribution in [0.25, 0.3) is 0 Å². The number of rotatable bonds is 5. The maximum atomic E-state index is 12.5. The Labute approximate surface area is 168 Å². The summed E-state index contributed by atoms with van der Waals surface area (Å²) in [6.45, 7) is 2.84. The van der Waals surface area contributed by atoms with Gasteiger partial charge in [0.1, 0.15) is 5.75 Å². The van der Waals surface area contributed by atoms with Crippen LogP contribution in [0.15, 0.2) is 42.5 Å².